The average molecular weight is 304 g/mol. The zero-order valence-electron chi connectivity index (χ0n) is 12.7. The Bertz CT molecular complexity index is 592. The molecule has 1 fully saturated rings. The molecular weight excluding hydrogens is 283 g/mol. The van der Waals surface area contributed by atoms with Crippen LogP contribution in [0.15, 0.2) is 30.9 Å². The molecule has 0 radical (unpaired) electrons. The van der Waals surface area contributed by atoms with Crippen LogP contribution in [0.3, 0.4) is 0 Å². The van der Waals surface area contributed by atoms with Crippen LogP contribution in [-0.2, 0) is 4.79 Å². The molecule has 0 bridgehead atoms. The maximum Gasteiger partial charge on any atom is 0.251 e. The zero-order valence-corrected chi connectivity index (χ0v) is 12.7. The molecule has 4 nitrogen and oxygen atoms in total. The Balaban J connectivity index is 2.08. The monoisotopic (exact) mass is 304 g/mol. The lowest BCUT2D eigenvalue weighted by Gasteiger charge is -2.34. The van der Waals surface area contributed by atoms with Gasteiger partial charge in [0, 0.05) is 11.1 Å². The van der Waals surface area contributed by atoms with Crippen molar-refractivity contribution in [3.05, 3.63) is 42.2 Å². The van der Waals surface area contributed by atoms with Gasteiger partial charge in [0.2, 0.25) is 5.91 Å². The second-order valence-corrected chi connectivity index (χ2v) is 5.96. The molecule has 0 unspecified atom stereocenters. The normalized spacial score (nSPS) is 16.6. The molecule has 0 saturated heterocycles. The van der Waals surface area contributed by atoms with E-state index < -0.39 is 11.7 Å². The first-order valence-corrected chi connectivity index (χ1v) is 7.49. The van der Waals surface area contributed by atoms with Gasteiger partial charge in [-0.15, -0.1) is 0 Å². The maximum atomic E-state index is 14.0. The summed E-state index contributed by atoms with van der Waals surface area (Å²) in [5, 5.41) is 5.35. The highest BCUT2D eigenvalue weighted by Gasteiger charge is 2.28. The molecule has 1 saturated carbocycles. The molecule has 2 N–H and O–H groups in total. The average Bonchev–Trinajstić information content (AvgIpc) is 2.49. The van der Waals surface area contributed by atoms with Crippen molar-refractivity contribution < 1.29 is 14.0 Å². The first-order valence-electron chi connectivity index (χ1n) is 7.49. The molecular formula is C17H21FN2O2. The van der Waals surface area contributed by atoms with Gasteiger partial charge in [0.1, 0.15) is 5.82 Å². The van der Waals surface area contributed by atoms with Gasteiger partial charge in [-0.3, -0.25) is 9.59 Å². The van der Waals surface area contributed by atoms with Crippen molar-refractivity contribution in [3.63, 3.8) is 0 Å². The summed E-state index contributed by atoms with van der Waals surface area (Å²) in [5.41, 5.74) is 0.0628. The fourth-order valence-electron chi connectivity index (χ4n) is 2.74. The highest BCUT2D eigenvalue weighted by molar-refractivity contribution is 6.00. The first-order chi connectivity index (χ1) is 10.4. The highest BCUT2D eigenvalue weighted by atomic mass is 19.1. The number of nitrogens with one attached hydrogen (secondary N) is 2. The largest absolute Gasteiger partial charge is 0.347 e. The fraction of sp³-hybridized carbons (Fsp3) is 0.412. The molecule has 1 aliphatic rings. The number of amides is 2. The predicted octanol–water partition coefficient (Wildman–Crippen LogP) is 3.40. The molecule has 0 aromatic heterocycles. The molecule has 5 heteroatoms. The molecule has 0 heterocycles. The van der Waals surface area contributed by atoms with Gasteiger partial charge in [-0.1, -0.05) is 25.8 Å². The van der Waals surface area contributed by atoms with Gasteiger partial charge in [-0.25, -0.2) is 4.39 Å². The standard InChI is InChI=1S/C17H21FN2O2/c1-3-15(21)19-14-8-7-12(11-13(14)18)16(22)20-17(2)9-5-4-6-10-17/h3,7-8,11H,1,4-6,9-10H2,2H3,(H,19,21)(H,20,22). The number of carbonyl (C=O) groups is 2. The number of rotatable bonds is 4. The van der Waals surface area contributed by atoms with E-state index in [9.17, 15) is 14.0 Å². The molecule has 22 heavy (non-hydrogen) atoms. The van der Waals surface area contributed by atoms with Crippen molar-refractivity contribution >= 4 is 17.5 Å². The van der Waals surface area contributed by atoms with E-state index in [1.165, 1.54) is 18.6 Å². The number of carbonyl (C=O) groups excluding carboxylic acids is 2. The van der Waals surface area contributed by atoms with Crippen molar-refractivity contribution in [2.24, 2.45) is 0 Å². The number of hydrogen-bond acceptors (Lipinski definition) is 2. The zero-order chi connectivity index (χ0) is 16.2. The number of halogens is 1. The third-order valence-electron chi connectivity index (χ3n) is 4.05. The molecule has 0 spiro atoms. The minimum Gasteiger partial charge on any atom is -0.347 e. The van der Waals surface area contributed by atoms with Gasteiger partial charge in [0.15, 0.2) is 0 Å². The lowest BCUT2D eigenvalue weighted by Crippen LogP contribution is -2.47. The van der Waals surface area contributed by atoms with Crippen molar-refractivity contribution in [2.45, 2.75) is 44.6 Å². The number of anilines is 1. The molecule has 0 atom stereocenters. The van der Waals surface area contributed by atoms with Crippen molar-refractivity contribution in [1.29, 1.82) is 0 Å². The molecule has 118 valence electrons. The van der Waals surface area contributed by atoms with Gasteiger partial charge < -0.3 is 10.6 Å². The maximum absolute atomic E-state index is 14.0. The Morgan fingerprint density at radius 1 is 1.27 bits per heavy atom. The topological polar surface area (TPSA) is 58.2 Å². The van der Waals surface area contributed by atoms with Crippen molar-refractivity contribution in [3.8, 4) is 0 Å². The van der Waals surface area contributed by atoms with Crippen LogP contribution >= 0.6 is 0 Å². The van der Waals surface area contributed by atoms with E-state index in [2.05, 4.69) is 17.2 Å². The lowest BCUT2D eigenvalue weighted by molar-refractivity contribution is -0.111. The first kappa shape index (κ1) is 16.2. The summed E-state index contributed by atoms with van der Waals surface area (Å²) < 4.78 is 14.0. The van der Waals surface area contributed by atoms with Crippen LogP contribution < -0.4 is 10.6 Å². The smallest absolute Gasteiger partial charge is 0.251 e. The third-order valence-corrected chi connectivity index (χ3v) is 4.05. The van der Waals surface area contributed by atoms with Crippen LogP contribution in [0, 0.1) is 5.82 Å². The predicted molar refractivity (Wildman–Crippen MR) is 84.2 cm³/mol. The SMILES string of the molecule is C=CC(=O)Nc1ccc(C(=O)NC2(C)CCCCC2)cc1F. The second kappa shape index (κ2) is 6.73. The summed E-state index contributed by atoms with van der Waals surface area (Å²) in [6.45, 7) is 5.33. The minimum atomic E-state index is -0.642. The number of hydrogen-bond donors (Lipinski definition) is 2. The van der Waals surface area contributed by atoms with E-state index in [1.807, 2.05) is 6.92 Å². The van der Waals surface area contributed by atoms with Crippen LogP contribution in [0.1, 0.15) is 49.4 Å². The molecule has 2 amide bonds. The van der Waals surface area contributed by atoms with Crippen LogP contribution in [0.4, 0.5) is 10.1 Å². The quantitative estimate of drug-likeness (QED) is 0.838. The molecule has 0 aliphatic heterocycles. The van der Waals surface area contributed by atoms with E-state index in [-0.39, 0.29) is 22.7 Å². The van der Waals surface area contributed by atoms with E-state index in [0.717, 1.165) is 37.8 Å². The molecule has 1 aliphatic carbocycles. The highest BCUT2D eigenvalue weighted by Crippen LogP contribution is 2.28. The Morgan fingerprint density at radius 2 is 1.95 bits per heavy atom. The van der Waals surface area contributed by atoms with E-state index in [4.69, 9.17) is 0 Å². The lowest BCUT2D eigenvalue weighted by atomic mass is 9.83. The van der Waals surface area contributed by atoms with Gasteiger partial charge >= 0.3 is 0 Å². The van der Waals surface area contributed by atoms with Crippen molar-refractivity contribution in [2.75, 3.05) is 5.32 Å². The van der Waals surface area contributed by atoms with Crippen LogP contribution in [0.2, 0.25) is 0 Å². The third kappa shape index (κ3) is 3.93. The van der Waals surface area contributed by atoms with E-state index >= 15 is 0 Å². The molecule has 1 aromatic rings. The van der Waals surface area contributed by atoms with Crippen molar-refractivity contribution in [1.82, 2.24) is 5.32 Å². The summed E-state index contributed by atoms with van der Waals surface area (Å²) in [5.74, 6) is -1.42. The summed E-state index contributed by atoms with van der Waals surface area (Å²) in [6.07, 6.45) is 6.32. The Morgan fingerprint density at radius 3 is 2.55 bits per heavy atom. The van der Waals surface area contributed by atoms with E-state index in [1.54, 1.807) is 0 Å². The van der Waals surface area contributed by atoms with Gasteiger partial charge in [-0.2, -0.15) is 0 Å². The minimum absolute atomic E-state index is 0.0327. The summed E-state index contributed by atoms with van der Waals surface area (Å²) in [6, 6.07) is 4.03. The van der Waals surface area contributed by atoms with Gasteiger partial charge in [-0.05, 0) is 44.0 Å². The fourth-order valence-corrected chi connectivity index (χ4v) is 2.74. The Hall–Kier alpha value is -2.17. The van der Waals surface area contributed by atoms with Gasteiger partial charge in [0.05, 0.1) is 5.69 Å². The summed E-state index contributed by atoms with van der Waals surface area (Å²) in [4.78, 5) is 23.5. The summed E-state index contributed by atoms with van der Waals surface area (Å²) >= 11 is 0. The summed E-state index contributed by atoms with van der Waals surface area (Å²) in [7, 11) is 0. The van der Waals surface area contributed by atoms with Gasteiger partial charge in [0.25, 0.3) is 5.91 Å². The van der Waals surface area contributed by atoms with E-state index in [0.29, 0.717) is 0 Å². The van der Waals surface area contributed by atoms with Crippen LogP contribution in [0.25, 0.3) is 0 Å². The molecule has 2 rings (SSSR count). The Labute approximate surface area is 129 Å². The number of benzene rings is 1. The Kier molecular flexibility index (Phi) is 4.96. The van der Waals surface area contributed by atoms with Crippen LogP contribution in [-0.4, -0.2) is 17.4 Å². The molecule has 1 aromatic carbocycles. The second-order valence-electron chi connectivity index (χ2n) is 5.96. The van der Waals surface area contributed by atoms with Crippen LogP contribution in [0.5, 0.6) is 0 Å².